The quantitative estimate of drug-likeness (QED) is 0.408. The van der Waals surface area contributed by atoms with Crippen molar-refractivity contribution in [2.75, 3.05) is 18.4 Å². The molecule has 9 heteroatoms. The molecule has 2 heterocycles. The lowest BCUT2D eigenvalue weighted by Gasteiger charge is -2.07. The third-order valence-electron chi connectivity index (χ3n) is 4.15. The molecular weight excluding hydrogens is 381 g/mol. The number of hydrogen-bond donors (Lipinski definition) is 3. The Kier molecular flexibility index (Phi) is 5.62. The van der Waals surface area contributed by atoms with Crippen molar-refractivity contribution < 1.29 is 13.9 Å². The van der Waals surface area contributed by atoms with Crippen LogP contribution in [0.1, 0.15) is 10.5 Å². The summed E-state index contributed by atoms with van der Waals surface area (Å²) in [5.41, 5.74) is 8.37. The van der Waals surface area contributed by atoms with Crippen molar-refractivity contribution in [1.82, 2.24) is 15.3 Å². The fourth-order valence-electron chi connectivity index (χ4n) is 2.73. The Labute approximate surface area is 173 Å². The Hall–Kier alpha value is -3.85. The molecule has 0 atom stereocenters. The van der Waals surface area contributed by atoms with Crippen molar-refractivity contribution in [3.63, 3.8) is 0 Å². The van der Waals surface area contributed by atoms with Gasteiger partial charge in [-0.3, -0.25) is 9.78 Å². The fraction of sp³-hybridized carbons (Fsp3) is 0.0952. The molecule has 4 N–H and O–H groups in total. The van der Waals surface area contributed by atoms with E-state index >= 15 is 0 Å². The SMILES string of the molecule is [B]c1ccc(Nc2nc3cc(Oc4ccnc(C(=O)NCCN)c4)ccc3o2)cc1. The minimum Gasteiger partial charge on any atom is -0.457 e. The maximum Gasteiger partial charge on any atom is 0.300 e. The van der Waals surface area contributed by atoms with Crippen LogP contribution < -0.4 is 26.6 Å². The van der Waals surface area contributed by atoms with E-state index in [0.717, 1.165) is 5.69 Å². The van der Waals surface area contributed by atoms with E-state index < -0.39 is 0 Å². The number of ether oxygens (including phenoxy) is 1. The van der Waals surface area contributed by atoms with Gasteiger partial charge in [-0.2, -0.15) is 4.98 Å². The number of fused-ring (bicyclic) bond motifs is 1. The summed E-state index contributed by atoms with van der Waals surface area (Å²) >= 11 is 0. The number of carbonyl (C=O) groups is 1. The summed E-state index contributed by atoms with van der Waals surface area (Å²) in [7, 11) is 5.70. The Balaban J connectivity index is 1.50. The predicted molar refractivity (Wildman–Crippen MR) is 115 cm³/mol. The van der Waals surface area contributed by atoms with Gasteiger partial charge in [-0.1, -0.05) is 17.6 Å². The van der Waals surface area contributed by atoms with Gasteiger partial charge in [0.1, 0.15) is 30.6 Å². The molecular formula is C21H18BN5O3. The molecule has 1 amide bonds. The van der Waals surface area contributed by atoms with Crippen molar-refractivity contribution in [3.8, 4) is 11.5 Å². The summed E-state index contributed by atoms with van der Waals surface area (Å²) < 4.78 is 11.6. The number of anilines is 2. The van der Waals surface area contributed by atoms with Crippen LogP contribution in [0.25, 0.3) is 11.1 Å². The minimum absolute atomic E-state index is 0.249. The van der Waals surface area contributed by atoms with Crippen molar-refractivity contribution in [1.29, 1.82) is 0 Å². The fourth-order valence-corrected chi connectivity index (χ4v) is 2.73. The first-order chi connectivity index (χ1) is 14.6. The van der Waals surface area contributed by atoms with Gasteiger partial charge in [0.25, 0.3) is 11.9 Å². The molecule has 0 unspecified atom stereocenters. The normalized spacial score (nSPS) is 10.7. The molecule has 0 aliphatic rings. The third-order valence-corrected chi connectivity index (χ3v) is 4.15. The lowest BCUT2D eigenvalue weighted by molar-refractivity contribution is 0.0949. The molecule has 0 bridgehead atoms. The lowest BCUT2D eigenvalue weighted by atomic mass is 9.96. The smallest absolute Gasteiger partial charge is 0.300 e. The van der Waals surface area contributed by atoms with Gasteiger partial charge in [0.05, 0.1) is 0 Å². The van der Waals surface area contributed by atoms with E-state index in [-0.39, 0.29) is 11.6 Å². The molecule has 2 aromatic carbocycles. The minimum atomic E-state index is -0.309. The van der Waals surface area contributed by atoms with Gasteiger partial charge in [-0.05, 0) is 30.3 Å². The maximum atomic E-state index is 12.0. The van der Waals surface area contributed by atoms with E-state index in [1.54, 1.807) is 42.5 Å². The second kappa shape index (κ2) is 8.67. The molecule has 0 spiro atoms. The summed E-state index contributed by atoms with van der Waals surface area (Å²) in [5.74, 6) is 0.719. The first-order valence-electron chi connectivity index (χ1n) is 9.26. The molecule has 30 heavy (non-hydrogen) atoms. The topological polar surface area (TPSA) is 115 Å². The zero-order valence-corrected chi connectivity index (χ0v) is 16.0. The first-order valence-corrected chi connectivity index (χ1v) is 9.26. The Morgan fingerprint density at radius 1 is 1.10 bits per heavy atom. The molecule has 0 aliphatic heterocycles. The van der Waals surface area contributed by atoms with Gasteiger partial charge in [0, 0.05) is 37.1 Å². The standard InChI is InChI=1S/C21H18BN5O3/c22-13-1-3-14(4-2-13)26-21-27-17-11-15(5-6-19(17)30-21)29-16-7-9-24-18(12-16)20(28)25-10-8-23/h1-7,9,11-12H,8,10,23H2,(H,25,28)(H,26,27). The van der Waals surface area contributed by atoms with Gasteiger partial charge in [0.15, 0.2) is 5.58 Å². The summed E-state index contributed by atoms with van der Waals surface area (Å²) in [5, 5.41) is 5.76. The Bertz CT molecular complexity index is 1180. The van der Waals surface area contributed by atoms with E-state index in [0.29, 0.717) is 47.2 Å². The van der Waals surface area contributed by atoms with Crippen molar-refractivity contribution in [2.24, 2.45) is 5.73 Å². The first kappa shape index (κ1) is 19.5. The number of pyridine rings is 1. The molecule has 4 aromatic rings. The van der Waals surface area contributed by atoms with Gasteiger partial charge in [-0.25, -0.2) is 0 Å². The number of nitrogens with one attached hydrogen (secondary N) is 2. The number of carbonyl (C=O) groups excluding carboxylic acids is 1. The summed E-state index contributed by atoms with van der Waals surface area (Å²) in [6, 6.07) is 16.1. The molecule has 0 saturated heterocycles. The van der Waals surface area contributed by atoms with E-state index in [2.05, 4.69) is 20.6 Å². The van der Waals surface area contributed by atoms with Gasteiger partial charge < -0.3 is 25.5 Å². The molecule has 0 fully saturated rings. The van der Waals surface area contributed by atoms with Crippen LogP contribution in [0.3, 0.4) is 0 Å². The average molecular weight is 399 g/mol. The third kappa shape index (κ3) is 4.58. The zero-order valence-electron chi connectivity index (χ0n) is 16.0. The van der Waals surface area contributed by atoms with E-state index in [1.807, 2.05) is 12.1 Å². The number of hydrogen-bond acceptors (Lipinski definition) is 7. The Morgan fingerprint density at radius 3 is 2.70 bits per heavy atom. The van der Waals surface area contributed by atoms with Crippen molar-refractivity contribution >= 4 is 42.0 Å². The van der Waals surface area contributed by atoms with Crippen LogP contribution in [-0.4, -0.2) is 36.8 Å². The number of amides is 1. The Morgan fingerprint density at radius 2 is 1.90 bits per heavy atom. The molecule has 0 saturated carbocycles. The monoisotopic (exact) mass is 399 g/mol. The van der Waals surface area contributed by atoms with Gasteiger partial charge in [0.2, 0.25) is 0 Å². The molecule has 148 valence electrons. The lowest BCUT2D eigenvalue weighted by Crippen LogP contribution is -2.29. The number of nitrogens with two attached hydrogens (primary N) is 1. The maximum absolute atomic E-state index is 12.0. The van der Waals surface area contributed by atoms with Crippen LogP contribution in [0.5, 0.6) is 11.5 Å². The highest BCUT2D eigenvalue weighted by atomic mass is 16.5. The van der Waals surface area contributed by atoms with Crippen LogP contribution in [-0.2, 0) is 0 Å². The van der Waals surface area contributed by atoms with Crippen LogP contribution in [0, 0.1) is 0 Å². The zero-order chi connectivity index (χ0) is 20.9. The number of rotatable bonds is 7. The van der Waals surface area contributed by atoms with Crippen LogP contribution in [0.4, 0.5) is 11.7 Å². The number of oxazole rings is 1. The van der Waals surface area contributed by atoms with Crippen LogP contribution >= 0.6 is 0 Å². The number of benzene rings is 2. The summed E-state index contributed by atoms with van der Waals surface area (Å²) in [6.07, 6.45) is 1.51. The van der Waals surface area contributed by atoms with E-state index in [1.165, 1.54) is 6.20 Å². The van der Waals surface area contributed by atoms with Crippen LogP contribution in [0.2, 0.25) is 0 Å². The second-order valence-electron chi connectivity index (χ2n) is 6.42. The largest absolute Gasteiger partial charge is 0.457 e. The molecule has 2 radical (unpaired) electrons. The van der Waals surface area contributed by atoms with E-state index in [9.17, 15) is 4.79 Å². The number of aromatic nitrogens is 2. The van der Waals surface area contributed by atoms with Crippen molar-refractivity contribution in [2.45, 2.75) is 0 Å². The van der Waals surface area contributed by atoms with Crippen LogP contribution in [0.15, 0.2) is 65.2 Å². The van der Waals surface area contributed by atoms with Gasteiger partial charge in [-0.15, -0.1) is 0 Å². The van der Waals surface area contributed by atoms with Crippen molar-refractivity contribution in [3.05, 3.63) is 66.5 Å². The molecule has 2 aromatic heterocycles. The second-order valence-corrected chi connectivity index (χ2v) is 6.42. The predicted octanol–water partition coefficient (Wildman–Crippen LogP) is 2.24. The van der Waals surface area contributed by atoms with Gasteiger partial charge >= 0.3 is 0 Å². The highest BCUT2D eigenvalue weighted by molar-refractivity contribution is 6.32. The average Bonchev–Trinajstić information content (AvgIpc) is 3.15. The summed E-state index contributed by atoms with van der Waals surface area (Å²) in [6.45, 7) is 0.732. The number of nitrogens with zero attached hydrogens (tertiary/aromatic N) is 2. The summed E-state index contributed by atoms with van der Waals surface area (Å²) in [4.78, 5) is 20.5. The highest BCUT2D eigenvalue weighted by Gasteiger charge is 2.10. The molecule has 0 aliphatic carbocycles. The molecule has 4 rings (SSSR count). The highest BCUT2D eigenvalue weighted by Crippen LogP contribution is 2.28. The molecule has 8 nitrogen and oxygen atoms in total. The van der Waals surface area contributed by atoms with E-state index in [4.69, 9.17) is 22.7 Å².